The maximum atomic E-state index is 12.8. The Morgan fingerprint density at radius 3 is 1.97 bits per heavy atom. The Labute approximate surface area is 196 Å². The molecule has 1 N–H and O–H groups in total. The van der Waals surface area contributed by atoms with Crippen LogP contribution >= 0.6 is 0 Å². The summed E-state index contributed by atoms with van der Waals surface area (Å²) < 4.78 is 11.3. The minimum atomic E-state index is -1.14. The molecule has 1 heterocycles. The number of aliphatic hydroxyl groups excluding tert-OH is 1. The van der Waals surface area contributed by atoms with Gasteiger partial charge in [-0.05, 0) is 38.5 Å². The lowest BCUT2D eigenvalue weighted by Crippen LogP contribution is -2.40. The van der Waals surface area contributed by atoms with Crippen molar-refractivity contribution in [1.29, 1.82) is 0 Å². The molecule has 1 aliphatic heterocycles. The smallest absolute Gasteiger partial charge is 0.334 e. The van der Waals surface area contributed by atoms with Gasteiger partial charge in [0, 0.05) is 12.0 Å². The van der Waals surface area contributed by atoms with Crippen molar-refractivity contribution in [3.05, 3.63) is 11.1 Å². The van der Waals surface area contributed by atoms with Crippen LogP contribution in [0.1, 0.15) is 124 Å². The lowest BCUT2D eigenvalue weighted by molar-refractivity contribution is -0.169. The topological polar surface area (TPSA) is 72.8 Å². The van der Waals surface area contributed by atoms with Crippen molar-refractivity contribution in [2.75, 3.05) is 13.2 Å². The molecule has 0 bridgehead atoms. The molecule has 1 unspecified atom stereocenters. The Balaban J connectivity index is 2.88. The first-order valence-electron chi connectivity index (χ1n) is 13.2. The number of ether oxygens (including phenoxy) is 2. The molecule has 0 amide bonds. The number of hydrogen-bond acceptors (Lipinski definition) is 5. The van der Waals surface area contributed by atoms with E-state index in [1.54, 1.807) is 0 Å². The van der Waals surface area contributed by atoms with E-state index in [4.69, 9.17) is 9.47 Å². The van der Waals surface area contributed by atoms with E-state index in [0.29, 0.717) is 12.0 Å². The normalized spacial score (nSPS) is 18.3. The van der Waals surface area contributed by atoms with Gasteiger partial charge in [-0.1, -0.05) is 84.6 Å². The molecule has 1 saturated heterocycles. The van der Waals surface area contributed by atoms with Crippen molar-refractivity contribution in [3.8, 4) is 0 Å². The van der Waals surface area contributed by atoms with Crippen LogP contribution in [0.25, 0.3) is 0 Å². The second-order valence-corrected chi connectivity index (χ2v) is 9.49. The number of carbonyl (C=O) groups is 2. The molecule has 0 aliphatic carbocycles. The first-order chi connectivity index (χ1) is 15.5. The van der Waals surface area contributed by atoms with Crippen molar-refractivity contribution in [3.63, 3.8) is 0 Å². The van der Waals surface area contributed by atoms with Gasteiger partial charge in [-0.15, -0.1) is 0 Å². The summed E-state index contributed by atoms with van der Waals surface area (Å²) in [5, 5.41) is 10.1. The Morgan fingerprint density at radius 1 is 0.938 bits per heavy atom. The summed E-state index contributed by atoms with van der Waals surface area (Å²) in [5.41, 5.74) is 0.754. The van der Waals surface area contributed by atoms with Gasteiger partial charge in [-0.3, -0.25) is 4.79 Å². The molecule has 5 nitrogen and oxygen atoms in total. The van der Waals surface area contributed by atoms with E-state index in [2.05, 4.69) is 27.7 Å². The van der Waals surface area contributed by atoms with E-state index >= 15 is 0 Å². The SMILES string of the molecule is CCCCCCC(CCCCCC)=C1CC(CO)(COC(=O)C(CCC)CCC)OC1=O. The monoisotopic (exact) mass is 452 g/mol. The van der Waals surface area contributed by atoms with E-state index in [1.165, 1.54) is 31.3 Å². The molecule has 0 radical (unpaired) electrons. The number of hydrogen-bond donors (Lipinski definition) is 1. The van der Waals surface area contributed by atoms with Gasteiger partial charge in [-0.2, -0.15) is 0 Å². The predicted octanol–water partition coefficient (Wildman–Crippen LogP) is 6.66. The van der Waals surface area contributed by atoms with E-state index in [-0.39, 0.29) is 31.1 Å². The van der Waals surface area contributed by atoms with E-state index in [0.717, 1.165) is 64.2 Å². The second-order valence-electron chi connectivity index (χ2n) is 9.49. The summed E-state index contributed by atoms with van der Waals surface area (Å²) >= 11 is 0. The number of carbonyl (C=O) groups excluding carboxylic acids is 2. The fourth-order valence-corrected chi connectivity index (χ4v) is 4.53. The van der Waals surface area contributed by atoms with Gasteiger partial charge in [0.1, 0.15) is 6.61 Å². The van der Waals surface area contributed by atoms with Crippen molar-refractivity contribution < 1.29 is 24.2 Å². The van der Waals surface area contributed by atoms with E-state index in [9.17, 15) is 14.7 Å². The standard InChI is InChI=1S/C27H48O5/c1-5-9-11-13-17-22(18-14-12-10-6-2)24-19-27(20-28,32-26(24)30)21-31-25(29)23(15-7-3)16-8-4/h23,28H,5-21H2,1-4H3. The van der Waals surface area contributed by atoms with E-state index in [1.807, 2.05) is 0 Å². The number of allylic oxidation sites excluding steroid dienone is 1. The second kappa shape index (κ2) is 16.3. The lowest BCUT2D eigenvalue weighted by atomic mass is 9.90. The van der Waals surface area contributed by atoms with Crippen LogP contribution in [0.15, 0.2) is 11.1 Å². The van der Waals surface area contributed by atoms with Crippen molar-refractivity contribution >= 4 is 11.9 Å². The number of aliphatic hydroxyl groups is 1. The van der Waals surface area contributed by atoms with Crippen LogP contribution in [-0.4, -0.2) is 35.9 Å². The average molecular weight is 453 g/mol. The fraction of sp³-hybridized carbons (Fsp3) is 0.852. The fourth-order valence-electron chi connectivity index (χ4n) is 4.53. The molecule has 0 aromatic rings. The summed E-state index contributed by atoms with van der Waals surface area (Å²) in [4.78, 5) is 25.4. The van der Waals surface area contributed by atoms with Gasteiger partial charge >= 0.3 is 11.9 Å². The Hall–Kier alpha value is -1.36. The maximum absolute atomic E-state index is 12.8. The highest BCUT2D eigenvalue weighted by Crippen LogP contribution is 2.36. The first kappa shape index (κ1) is 28.7. The number of esters is 2. The van der Waals surface area contributed by atoms with Crippen molar-refractivity contribution in [2.45, 2.75) is 130 Å². The summed E-state index contributed by atoms with van der Waals surface area (Å²) in [7, 11) is 0. The Kier molecular flexibility index (Phi) is 14.6. The lowest BCUT2D eigenvalue weighted by Gasteiger charge is -2.25. The van der Waals surface area contributed by atoms with Crippen LogP contribution < -0.4 is 0 Å². The van der Waals surface area contributed by atoms with Crippen LogP contribution in [0.5, 0.6) is 0 Å². The van der Waals surface area contributed by atoms with Gasteiger partial charge in [0.15, 0.2) is 5.60 Å². The first-order valence-corrected chi connectivity index (χ1v) is 13.2. The van der Waals surface area contributed by atoms with Crippen LogP contribution in [0.4, 0.5) is 0 Å². The molecule has 1 atom stereocenters. The summed E-state index contributed by atoms with van der Waals surface area (Å²) in [6, 6.07) is 0. The Bertz CT molecular complexity index is 563. The zero-order chi connectivity index (χ0) is 23.8. The third-order valence-electron chi connectivity index (χ3n) is 6.52. The molecule has 1 aliphatic rings. The highest BCUT2D eigenvalue weighted by molar-refractivity contribution is 5.92. The molecular weight excluding hydrogens is 404 g/mol. The molecule has 0 aromatic carbocycles. The largest absolute Gasteiger partial charge is 0.461 e. The van der Waals surface area contributed by atoms with Crippen LogP contribution in [0.3, 0.4) is 0 Å². The number of rotatable bonds is 18. The van der Waals surface area contributed by atoms with Gasteiger partial charge in [-0.25, -0.2) is 4.79 Å². The molecule has 0 aromatic heterocycles. The van der Waals surface area contributed by atoms with Crippen LogP contribution in [0, 0.1) is 5.92 Å². The molecule has 5 heteroatoms. The molecular formula is C27H48O5. The van der Waals surface area contributed by atoms with Gasteiger partial charge in [0.25, 0.3) is 0 Å². The third-order valence-corrected chi connectivity index (χ3v) is 6.52. The minimum absolute atomic E-state index is 0.0690. The zero-order valence-electron chi connectivity index (χ0n) is 21.2. The van der Waals surface area contributed by atoms with Gasteiger partial charge in [0.05, 0.1) is 12.5 Å². The predicted molar refractivity (Wildman–Crippen MR) is 129 cm³/mol. The third kappa shape index (κ3) is 9.64. The van der Waals surface area contributed by atoms with E-state index < -0.39 is 5.60 Å². The number of cyclic esters (lactones) is 1. The molecule has 1 fully saturated rings. The number of unbranched alkanes of at least 4 members (excludes halogenated alkanes) is 6. The average Bonchev–Trinajstić information content (AvgIpc) is 3.13. The molecule has 0 spiro atoms. The van der Waals surface area contributed by atoms with Crippen molar-refractivity contribution in [2.24, 2.45) is 5.92 Å². The Morgan fingerprint density at radius 2 is 1.50 bits per heavy atom. The quantitative estimate of drug-likeness (QED) is 0.143. The molecule has 186 valence electrons. The summed E-state index contributed by atoms with van der Waals surface area (Å²) in [5.74, 6) is -0.704. The highest BCUT2D eigenvalue weighted by Gasteiger charge is 2.45. The van der Waals surface area contributed by atoms with Crippen LogP contribution in [-0.2, 0) is 19.1 Å². The van der Waals surface area contributed by atoms with Gasteiger partial charge < -0.3 is 14.6 Å². The van der Waals surface area contributed by atoms with Gasteiger partial charge in [0.2, 0.25) is 0 Å². The summed E-state index contributed by atoms with van der Waals surface area (Å²) in [6.07, 6.45) is 14.8. The summed E-state index contributed by atoms with van der Waals surface area (Å²) in [6.45, 7) is 8.11. The highest BCUT2D eigenvalue weighted by atomic mass is 16.6. The minimum Gasteiger partial charge on any atom is -0.461 e. The zero-order valence-corrected chi connectivity index (χ0v) is 21.2. The maximum Gasteiger partial charge on any atom is 0.334 e. The van der Waals surface area contributed by atoms with Crippen LogP contribution in [0.2, 0.25) is 0 Å². The molecule has 32 heavy (non-hydrogen) atoms. The molecule has 0 saturated carbocycles. The van der Waals surface area contributed by atoms with Crippen molar-refractivity contribution in [1.82, 2.24) is 0 Å². The molecule has 1 rings (SSSR count).